The molecule has 0 unspecified atom stereocenters. The van der Waals surface area contributed by atoms with Crippen LogP contribution in [0.25, 0.3) is 6.08 Å². The van der Waals surface area contributed by atoms with Crippen molar-refractivity contribution in [2.24, 2.45) is 16.0 Å². The van der Waals surface area contributed by atoms with E-state index >= 15 is 0 Å². The Morgan fingerprint density at radius 2 is 1.97 bits per heavy atom. The number of hydrogen-bond donors (Lipinski definition) is 1. The minimum Gasteiger partial charge on any atom is -0.422 e. The summed E-state index contributed by atoms with van der Waals surface area (Å²) in [7, 11) is -3.64. The lowest BCUT2D eigenvalue weighted by atomic mass is 10.1. The summed E-state index contributed by atoms with van der Waals surface area (Å²) in [5.74, 6) is -1.24. The zero-order valence-electron chi connectivity index (χ0n) is 17.5. The third-order valence-electron chi connectivity index (χ3n) is 4.38. The molecule has 2 aliphatic heterocycles. The van der Waals surface area contributed by atoms with E-state index in [-0.39, 0.29) is 32.6 Å². The van der Waals surface area contributed by atoms with E-state index in [1.54, 1.807) is 55.6 Å². The summed E-state index contributed by atoms with van der Waals surface area (Å²) < 4.78 is 30.1. The molecule has 0 bridgehead atoms. The predicted octanol–water partition coefficient (Wildman–Crippen LogP) is 3.61. The lowest BCUT2D eigenvalue weighted by Gasteiger charge is -2.20. The first-order valence-electron chi connectivity index (χ1n) is 9.73. The Bertz CT molecular complexity index is 1320. The van der Waals surface area contributed by atoms with E-state index in [0.29, 0.717) is 16.2 Å². The predicted molar refractivity (Wildman–Crippen MR) is 129 cm³/mol. The fourth-order valence-electron chi connectivity index (χ4n) is 2.96. The van der Waals surface area contributed by atoms with Gasteiger partial charge in [-0.15, -0.1) is 16.4 Å². The number of sulfone groups is 1. The molecule has 2 aliphatic rings. The molecular formula is C21H18N4O5S3. The number of ether oxygens (including phenoxy) is 1. The lowest BCUT2D eigenvalue weighted by molar-refractivity contribution is -0.114. The number of amidine groups is 2. The van der Waals surface area contributed by atoms with Gasteiger partial charge < -0.3 is 4.74 Å². The maximum absolute atomic E-state index is 12.5. The van der Waals surface area contributed by atoms with Crippen LogP contribution in [0.1, 0.15) is 29.1 Å². The SMILES string of the molecule is CC(C)CS(=O)(=O)C1=NN2C(=N)/C(=C\c3ccc(OC(=O)c4cccs4)cc3)C(=O)N=C2S1. The second kappa shape index (κ2) is 9.04. The van der Waals surface area contributed by atoms with E-state index in [1.807, 2.05) is 0 Å². The average Bonchev–Trinajstić information content (AvgIpc) is 3.42. The molecule has 1 aromatic carbocycles. The second-order valence-corrected chi connectivity index (χ2v) is 11.6. The summed E-state index contributed by atoms with van der Waals surface area (Å²) in [6, 6.07) is 9.83. The van der Waals surface area contributed by atoms with Gasteiger partial charge in [-0.2, -0.15) is 10.0 Å². The summed E-state index contributed by atoms with van der Waals surface area (Å²) in [5, 5.41) is 15.3. The summed E-state index contributed by atoms with van der Waals surface area (Å²) >= 11 is 2.04. The number of carbonyl (C=O) groups excluding carboxylic acids is 2. The number of thiophene rings is 1. The number of fused-ring (bicyclic) bond motifs is 1. The van der Waals surface area contributed by atoms with E-state index in [4.69, 9.17) is 10.1 Å². The number of benzene rings is 1. The smallest absolute Gasteiger partial charge is 0.353 e. The molecule has 0 fully saturated rings. The first-order valence-corrected chi connectivity index (χ1v) is 13.1. The standard InChI is InChI=1S/C21H18N4O5S3/c1-12(2)11-33(28,29)21-24-25-17(22)15(18(26)23-20(25)32-21)10-13-5-7-14(8-6-13)30-19(27)16-4-3-9-31-16/h3-10,12,22H,11H2,1-2H3/b15-10+,22-17?. The molecule has 0 spiro atoms. The van der Waals surface area contributed by atoms with Crippen molar-refractivity contribution in [2.45, 2.75) is 13.8 Å². The Hall–Kier alpha value is -3.09. The molecule has 12 heteroatoms. The minimum absolute atomic E-state index is 0.0334. The zero-order chi connectivity index (χ0) is 23.8. The highest BCUT2D eigenvalue weighted by atomic mass is 32.3. The summed E-state index contributed by atoms with van der Waals surface area (Å²) in [6.45, 7) is 3.56. The van der Waals surface area contributed by atoms with Crippen molar-refractivity contribution >= 4 is 66.3 Å². The van der Waals surface area contributed by atoms with Crippen molar-refractivity contribution in [1.82, 2.24) is 5.01 Å². The molecule has 33 heavy (non-hydrogen) atoms. The molecule has 4 rings (SSSR count). The van der Waals surface area contributed by atoms with E-state index in [9.17, 15) is 18.0 Å². The number of rotatable bonds is 5. The molecule has 9 nitrogen and oxygen atoms in total. The normalized spacial score (nSPS) is 17.3. The molecule has 0 aliphatic carbocycles. The quantitative estimate of drug-likeness (QED) is 0.375. The fourth-order valence-corrected chi connectivity index (χ4v) is 6.35. The average molecular weight is 503 g/mol. The number of carbonyl (C=O) groups is 2. The number of hydrogen-bond acceptors (Lipinski definition) is 9. The van der Waals surface area contributed by atoms with Gasteiger partial charge in [-0.3, -0.25) is 10.2 Å². The monoisotopic (exact) mass is 502 g/mol. The number of hydrazone groups is 1. The highest BCUT2D eigenvalue weighted by Crippen LogP contribution is 2.31. The van der Waals surface area contributed by atoms with Crippen LogP contribution in [0.4, 0.5) is 0 Å². The van der Waals surface area contributed by atoms with Crippen LogP contribution in [0.3, 0.4) is 0 Å². The van der Waals surface area contributed by atoms with Crippen LogP contribution in [-0.4, -0.2) is 46.4 Å². The van der Waals surface area contributed by atoms with Gasteiger partial charge >= 0.3 is 5.97 Å². The summed E-state index contributed by atoms with van der Waals surface area (Å²) in [4.78, 5) is 29.0. The van der Waals surface area contributed by atoms with Crippen LogP contribution in [0.15, 0.2) is 57.4 Å². The number of aliphatic imine (C=N–C) groups is 1. The fraction of sp³-hybridized carbons (Fsp3) is 0.190. The molecule has 1 N–H and O–H groups in total. The van der Waals surface area contributed by atoms with Crippen LogP contribution in [0.5, 0.6) is 5.75 Å². The molecule has 3 heterocycles. The van der Waals surface area contributed by atoms with Crippen molar-refractivity contribution in [3.05, 3.63) is 57.8 Å². The Balaban J connectivity index is 1.53. The third kappa shape index (κ3) is 4.97. The molecule has 2 aromatic rings. The van der Waals surface area contributed by atoms with Gasteiger partial charge in [0, 0.05) is 0 Å². The highest BCUT2D eigenvalue weighted by molar-refractivity contribution is 8.42. The van der Waals surface area contributed by atoms with Gasteiger partial charge in [-0.1, -0.05) is 32.0 Å². The van der Waals surface area contributed by atoms with Gasteiger partial charge in [-0.25, -0.2) is 13.2 Å². The van der Waals surface area contributed by atoms with Crippen molar-refractivity contribution in [3.63, 3.8) is 0 Å². The van der Waals surface area contributed by atoms with E-state index < -0.39 is 21.7 Å². The van der Waals surface area contributed by atoms with Gasteiger partial charge in [0.15, 0.2) is 5.84 Å². The molecule has 0 radical (unpaired) electrons. The molecule has 0 atom stereocenters. The molecule has 0 saturated carbocycles. The molecule has 170 valence electrons. The molecular weight excluding hydrogens is 484 g/mol. The van der Waals surface area contributed by atoms with Gasteiger partial charge in [-0.05, 0) is 52.9 Å². The first-order chi connectivity index (χ1) is 15.6. The van der Waals surface area contributed by atoms with Crippen molar-refractivity contribution < 1.29 is 22.7 Å². The van der Waals surface area contributed by atoms with Gasteiger partial charge in [0.25, 0.3) is 5.91 Å². The maximum atomic E-state index is 12.5. The van der Waals surface area contributed by atoms with E-state index in [1.165, 1.54) is 17.4 Å². The minimum atomic E-state index is -3.64. The Kier molecular flexibility index (Phi) is 6.32. The van der Waals surface area contributed by atoms with Crippen LogP contribution in [0.2, 0.25) is 0 Å². The van der Waals surface area contributed by atoms with Crippen molar-refractivity contribution in [2.75, 3.05) is 5.75 Å². The Labute approximate surface area is 198 Å². The lowest BCUT2D eigenvalue weighted by Crippen LogP contribution is -2.35. The van der Waals surface area contributed by atoms with Crippen LogP contribution < -0.4 is 4.74 Å². The van der Waals surface area contributed by atoms with E-state index in [2.05, 4.69) is 10.1 Å². The van der Waals surface area contributed by atoms with Crippen LogP contribution in [0, 0.1) is 11.3 Å². The Morgan fingerprint density at radius 1 is 1.24 bits per heavy atom. The number of nitrogens with zero attached hydrogens (tertiary/aromatic N) is 3. The summed E-state index contributed by atoms with van der Waals surface area (Å²) in [5.41, 5.74) is 0.537. The van der Waals surface area contributed by atoms with Crippen molar-refractivity contribution in [1.29, 1.82) is 5.41 Å². The number of thioether (sulfide) groups is 1. The summed E-state index contributed by atoms with van der Waals surface area (Å²) in [6.07, 6.45) is 1.45. The first kappa shape index (κ1) is 23.1. The van der Waals surface area contributed by atoms with Gasteiger partial charge in [0.1, 0.15) is 10.6 Å². The van der Waals surface area contributed by atoms with Crippen LogP contribution >= 0.6 is 23.1 Å². The van der Waals surface area contributed by atoms with Gasteiger partial charge in [0.2, 0.25) is 19.4 Å². The Morgan fingerprint density at radius 3 is 2.61 bits per heavy atom. The third-order valence-corrected chi connectivity index (χ3v) is 8.66. The largest absolute Gasteiger partial charge is 0.422 e. The second-order valence-electron chi connectivity index (χ2n) is 7.50. The number of nitrogens with one attached hydrogen (secondary N) is 1. The van der Waals surface area contributed by atoms with Gasteiger partial charge in [0.05, 0.1) is 11.3 Å². The zero-order valence-corrected chi connectivity index (χ0v) is 20.0. The van der Waals surface area contributed by atoms with E-state index in [0.717, 1.165) is 16.8 Å². The molecule has 1 aromatic heterocycles. The molecule has 0 saturated heterocycles. The van der Waals surface area contributed by atoms with Crippen LogP contribution in [-0.2, 0) is 14.6 Å². The molecule has 1 amide bonds. The number of amides is 1. The number of esters is 1. The highest BCUT2D eigenvalue weighted by Gasteiger charge is 2.39. The van der Waals surface area contributed by atoms with Crippen molar-refractivity contribution in [3.8, 4) is 5.75 Å². The topological polar surface area (TPSA) is 129 Å². The maximum Gasteiger partial charge on any atom is 0.353 e.